The Hall–Kier alpha value is -0.960. The second-order valence-electron chi connectivity index (χ2n) is 3.69. The zero-order valence-corrected chi connectivity index (χ0v) is 8.21. The lowest BCUT2D eigenvalue weighted by atomic mass is 10.2. The predicted octanol–water partition coefficient (Wildman–Crippen LogP) is 1.39. The van der Waals surface area contributed by atoms with Crippen LogP contribution in [0.25, 0.3) is 0 Å². The first-order valence-electron chi connectivity index (χ1n) is 4.80. The predicted molar refractivity (Wildman–Crippen MR) is 53.1 cm³/mol. The Morgan fingerprint density at radius 2 is 2.38 bits per heavy atom. The van der Waals surface area contributed by atoms with Gasteiger partial charge in [-0.2, -0.15) is 0 Å². The Balaban J connectivity index is 2.08. The first-order valence-corrected chi connectivity index (χ1v) is 4.80. The lowest BCUT2D eigenvalue weighted by Gasteiger charge is -2.31. The Bertz CT molecular complexity index is 282. The fourth-order valence-corrected chi connectivity index (χ4v) is 1.72. The maximum atomic E-state index is 5.57. The van der Waals surface area contributed by atoms with Gasteiger partial charge in [-0.3, -0.25) is 0 Å². The Kier molecular flexibility index (Phi) is 2.27. The van der Waals surface area contributed by atoms with E-state index in [2.05, 4.69) is 17.1 Å². The number of anilines is 1. The van der Waals surface area contributed by atoms with Gasteiger partial charge in [0.1, 0.15) is 5.76 Å². The summed E-state index contributed by atoms with van der Waals surface area (Å²) in [6, 6.07) is 4.62. The quantitative estimate of drug-likeness (QED) is 0.708. The van der Waals surface area contributed by atoms with Crippen LogP contribution in [0.4, 0.5) is 5.88 Å². The third-order valence-corrected chi connectivity index (χ3v) is 2.41. The molecule has 0 bridgehead atoms. The van der Waals surface area contributed by atoms with E-state index in [-0.39, 0.29) is 0 Å². The lowest BCUT2D eigenvalue weighted by molar-refractivity contribution is 0.444. The Labute approximate surface area is 78.7 Å². The normalized spacial score (nSPS) is 23.5. The van der Waals surface area contributed by atoms with Gasteiger partial charge in [0.15, 0.2) is 5.88 Å². The van der Waals surface area contributed by atoms with Gasteiger partial charge in [0.2, 0.25) is 0 Å². The van der Waals surface area contributed by atoms with Crippen molar-refractivity contribution in [1.82, 2.24) is 5.32 Å². The molecular formula is C10H16N2O. The van der Waals surface area contributed by atoms with E-state index in [9.17, 15) is 0 Å². The van der Waals surface area contributed by atoms with Gasteiger partial charge in [0, 0.05) is 31.7 Å². The molecule has 0 radical (unpaired) electrons. The van der Waals surface area contributed by atoms with Crippen molar-refractivity contribution in [2.24, 2.45) is 0 Å². The molecule has 0 aromatic carbocycles. The molecule has 1 aromatic heterocycles. The number of hydrogen-bond donors (Lipinski definition) is 1. The van der Waals surface area contributed by atoms with Crippen LogP contribution >= 0.6 is 0 Å². The van der Waals surface area contributed by atoms with Crippen LogP contribution in [0.3, 0.4) is 0 Å². The van der Waals surface area contributed by atoms with Crippen molar-refractivity contribution < 1.29 is 4.42 Å². The molecule has 1 N–H and O–H groups in total. The minimum absolute atomic E-state index is 0.555. The standard InChI is InChI=1S/C10H16N2O/c1-8-7-12(6-5-11-8)10-4-3-9(2)13-10/h3-4,8,11H,5-7H2,1-2H3. The molecule has 3 nitrogen and oxygen atoms in total. The van der Waals surface area contributed by atoms with E-state index >= 15 is 0 Å². The van der Waals surface area contributed by atoms with Crippen molar-refractivity contribution in [3.8, 4) is 0 Å². The van der Waals surface area contributed by atoms with Crippen molar-refractivity contribution in [1.29, 1.82) is 0 Å². The molecule has 1 fully saturated rings. The molecule has 1 aliphatic heterocycles. The summed E-state index contributed by atoms with van der Waals surface area (Å²) in [5, 5.41) is 3.41. The topological polar surface area (TPSA) is 28.4 Å². The number of nitrogens with zero attached hydrogens (tertiary/aromatic N) is 1. The van der Waals surface area contributed by atoms with Gasteiger partial charge >= 0.3 is 0 Å². The van der Waals surface area contributed by atoms with E-state index in [0.29, 0.717) is 6.04 Å². The molecule has 0 amide bonds. The molecule has 0 saturated carbocycles. The minimum Gasteiger partial charge on any atom is -0.446 e. The number of rotatable bonds is 1. The van der Waals surface area contributed by atoms with Crippen molar-refractivity contribution >= 4 is 5.88 Å². The molecule has 1 aliphatic rings. The highest BCUT2D eigenvalue weighted by molar-refractivity contribution is 5.37. The molecule has 2 rings (SSSR count). The third-order valence-electron chi connectivity index (χ3n) is 2.41. The molecule has 0 aliphatic carbocycles. The van der Waals surface area contributed by atoms with Crippen LogP contribution in [-0.2, 0) is 0 Å². The molecule has 1 unspecified atom stereocenters. The zero-order valence-electron chi connectivity index (χ0n) is 8.21. The van der Waals surface area contributed by atoms with Crippen LogP contribution in [0, 0.1) is 6.92 Å². The number of nitrogens with one attached hydrogen (secondary N) is 1. The van der Waals surface area contributed by atoms with Crippen LogP contribution in [0.15, 0.2) is 16.5 Å². The molecule has 1 atom stereocenters. The van der Waals surface area contributed by atoms with Crippen LogP contribution in [0.1, 0.15) is 12.7 Å². The van der Waals surface area contributed by atoms with Crippen LogP contribution < -0.4 is 10.2 Å². The fourth-order valence-electron chi connectivity index (χ4n) is 1.72. The molecule has 2 heterocycles. The Morgan fingerprint density at radius 1 is 1.54 bits per heavy atom. The van der Waals surface area contributed by atoms with E-state index in [1.165, 1.54) is 0 Å². The summed E-state index contributed by atoms with van der Waals surface area (Å²) in [6.07, 6.45) is 0. The van der Waals surface area contributed by atoms with Gasteiger partial charge in [-0.1, -0.05) is 0 Å². The van der Waals surface area contributed by atoms with Crippen molar-refractivity contribution in [2.45, 2.75) is 19.9 Å². The van der Waals surface area contributed by atoms with E-state index in [1.54, 1.807) is 0 Å². The highest BCUT2D eigenvalue weighted by Gasteiger charge is 2.17. The second kappa shape index (κ2) is 3.42. The summed E-state index contributed by atoms with van der Waals surface area (Å²) >= 11 is 0. The zero-order chi connectivity index (χ0) is 9.26. The molecule has 1 saturated heterocycles. The molecule has 3 heteroatoms. The van der Waals surface area contributed by atoms with E-state index in [1.807, 2.05) is 19.1 Å². The van der Waals surface area contributed by atoms with Gasteiger partial charge in [-0.15, -0.1) is 0 Å². The largest absolute Gasteiger partial charge is 0.446 e. The summed E-state index contributed by atoms with van der Waals surface area (Å²) in [6.45, 7) is 7.29. The van der Waals surface area contributed by atoms with E-state index in [0.717, 1.165) is 31.3 Å². The van der Waals surface area contributed by atoms with E-state index < -0.39 is 0 Å². The summed E-state index contributed by atoms with van der Waals surface area (Å²) in [7, 11) is 0. The van der Waals surface area contributed by atoms with Crippen molar-refractivity contribution in [2.75, 3.05) is 24.5 Å². The van der Waals surface area contributed by atoms with Gasteiger partial charge in [0.25, 0.3) is 0 Å². The average Bonchev–Trinajstić information content (AvgIpc) is 2.52. The lowest BCUT2D eigenvalue weighted by Crippen LogP contribution is -2.49. The summed E-state index contributed by atoms with van der Waals surface area (Å²) in [5.41, 5.74) is 0. The van der Waals surface area contributed by atoms with Crippen LogP contribution in [0.5, 0.6) is 0 Å². The average molecular weight is 180 g/mol. The third kappa shape index (κ3) is 1.86. The first kappa shape index (κ1) is 8.63. The van der Waals surface area contributed by atoms with Crippen molar-refractivity contribution in [3.63, 3.8) is 0 Å². The number of piperazine rings is 1. The number of hydrogen-bond acceptors (Lipinski definition) is 3. The first-order chi connectivity index (χ1) is 6.25. The molecule has 1 aromatic rings. The SMILES string of the molecule is Cc1ccc(N2CCNC(C)C2)o1. The maximum Gasteiger partial charge on any atom is 0.195 e. The monoisotopic (exact) mass is 180 g/mol. The summed E-state index contributed by atoms with van der Waals surface area (Å²) < 4.78 is 5.57. The van der Waals surface area contributed by atoms with Gasteiger partial charge < -0.3 is 14.6 Å². The van der Waals surface area contributed by atoms with Crippen LogP contribution in [0.2, 0.25) is 0 Å². The van der Waals surface area contributed by atoms with Gasteiger partial charge in [-0.25, -0.2) is 0 Å². The highest BCUT2D eigenvalue weighted by Crippen LogP contribution is 2.18. The summed E-state index contributed by atoms with van der Waals surface area (Å²) in [5.74, 6) is 1.99. The molecule has 0 spiro atoms. The minimum atomic E-state index is 0.555. The molecular weight excluding hydrogens is 164 g/mol. The van der Waals surface area contributed by atoms with Gasteiger partial charge in [0.05, 0.1) is 0 Å². The fraction of sp³-hybridized carbons (Fsp3) is 0.600. The number of furan rings is 1. The summed E-state index contributed by atoms with van der Waals surface area (Å²) in [4.78, 5) is 2.29. The van der Waals surface area contributed by atoms with Gasteiger partial charge in [-0.05, 0) is 19.9 Å². The van der Waals surface area contributed by atoms with E-state index in [4.69, 9.17) is 4.42 Å². The smallest absolute Gasteiger partial charge is 0.195 e. The Morgan fingerprint density at radius 3 is 3.00 bits per heavy atom. The number of aryl methyl sites for hydroxylation is 1. The second-order valence-corrected chi connectivity index (χ2v) is 3.69. The molecule has 13 heavy (non-hydrogen) atoms. The maximum absolute atomic E-state index is 5.57. The van der Waals surface area contributed by atoms with Crippen molar-refractivity contribution in [3.05, 3.63) is 17.9 Å². The van der Waals surface area contributed by atoms with Crippen LogP contribution in [-0.4, -0.2) is 25.7 Å². The molecule has 72 valence electrons. The highest BCUT2D eigenvalue weighted by atomic mass is 16.4.